The van der Waals surface area contributed by atoms with Crippen LogP contribution in [0.5, 0.6) is 0 Å². The highest BCUT2D eigenvalue weighted by Crippen LogP contribution is 2.34. The first kappa shape index (κ1) is 15.0. The summed E-state index contributed by atoms with van der Waals surface area (Å²) in [5.41, 5.74) is 7.92. The highest BCUT2D eigenvalue weighted by molar-refractivity contribution is 9.10. The fraction of sp³-hybridized carbons (Fsp3) is 0.357. The maximum atomic E-state index is 11.5. The number of amides is 1. The lowest BCUT2D eigenvalue weighted by molar-refractivity contribution is 0.0996. The van der Waals surface area contributed by atoms with Gasteiger partial charge in [-0.2, -0.15) is 15.4 Å². The van der Waals surface area contributed by atoms with Crippen LogP contribution in [-0.4, -0.2) is 59.4 Å². The Labute approximate surface area is 136 Å². The summed E-state index contributed by atoms with van der Waals surface area (Å²) in [7, 11) is 2.11. The molecule has 1 amide bonds. The summed E-state index contributed by atoms with van der Waals surface area (Å²) in [6.07, 6.45) is 0. The van der Waals surface area contributed by atoms with Crippen molar-refractivity contribution in [1.82, 2.24) is 20.3 Å². The lowest BCUT2D eigenvalue weighted by Gasteiger charge is -2.35. The van der Waals surface area contributed by atoms with Crippen LogP contribution in [0.15, 0.2) is 22.7 Å². The minimum absolute atomic E-state index is 0.165. The zero-order valence-electron chi connectivity index (χ0n) is 12.2. The van der Waals surface area contributed by atoms with Crippen LogP contribution in [0.25, 0.3) is 11.3 Å². The topological polar surface area (TPSA) is 91.1 Å². The number of halogens is 1. The third-order valence-corrected chi connectivity index (χ3v) is 4.33. The van der Waals surface area contributed by atoms with Crippen molar-refractivity contribution in [1.29, 1.82) is 0 Å². The number of piperazine rings is 1. The summed E-state index contributed by atoms with van der Waals surface area (Å²) in [5.74, 6) is -0.587. The highest BCUT2D eigenvalue weighted by Gasteiger charge is 2.22. The van der Waals surface area contributed by atoms with Gasteiger partial charge in [0.25, 0.3) is 5.91 Å². The van der Waals surface area contributed by atoms with Gasteiger partial charge in [0, 0.05) is 41.9 Å². The minimum atomic E-state index is -0.587. The van der Waals surface area contributed by atoms with Gasteiger partial charge in [-0.05, 0) is 25.2 Å². The molecule has 0 aliphatic carbocycles. The smallest absolute Gasteiger partial charge is 0.271 e. The molecule has 0 atom stereocenters. The lowest BCUT2D eigenvalue weighted by atomic mass is 10.1. The summed E-state index contributed by atoms with van der Waals surface area (Å²) in [4.78, 5) is 16.1. The van der Waals surface area contributed by atoms with E-state index in [-0.39, 0.29) is 5.69 Å². The van der Waals surface area contributed by atoms with Crippen molar-refractivity contribution in [3.63, 3.8) is 0 Å². The van der Waals surface area contributed by atoms with E-state index in [1.165, 1.54) is 0 Å². The molecule has 7 nitrogen and oxygen atoms in total. The van der Waals surface area contributed by atoms with E-state index in [4.69, 9.17) is 5.73 Å². The van der Waals surface area contributed by atoms with Gasteiger partial charge < -0.3 is 15.5 Å². The standard InChI is InChI=1S/C14H17BrN6O/c1-20-4-6-21(7-5-20)11-8-9(15)2-3-10(11)12-13(14(16)22)18-19-17-12/h2-3,8H,4-7H2,1H3,(H2,16,22)(H,17,18,19). The van der Waals surface area contributed by atoms with Gasteiger partial charge in [0.1, 0.15) is 5.69 Å². The summed E-state index contributed by atoms with van der Waals surface area (Å²) >= 11 is 3.51. The van der Waals surface area contributed by atoms with Gasteiger partial charge in [0.15, 0.2) is 5.69 Å². The van der Waals surface area contributed by atoms with E-state index in [2.05, 4.69) is 48.2 Å². The molecule has 1 aromatic carbocycles. The molecule has 116 valence electrons. The summed E-state index contributed by atoms with van der Waals surface area (Å²) in [5, 5.41) is 10.5. The molecule has 1 saturated heterocycles. The number of nitrogens with two attached hydrogens (primary N) is 1. The molecule has 0 unspecified atom stereocenters. The first-order valence-electron chi connectivity index (χ1n) is 7.00. The predicted molar refractivity (Wildman–Crippen MR) is 87.7 cm³/mol. The fourth-order valence-electron chi connectivity index (χ4n) is 2.60. The average molecular weight is 365 g/mol. The van der Waals surface area contributed by atoms with E-state index in [1.807, 2.05) is 18.2 Å². The molecule has 0 bridgehead atoms. The van der Waals surface area contributed by atoms with Crippen LogP contribution in [0.4, 0.5) is 5.69 Å². The average Bonchev–Trinajstić information content (AvgIpc) is 2.97. The van der Waals surface area contributed by atoms with Crippen LogP contribution in [0.3, 0.4) is 0 Å². The number of H-pyrrole nitrogens is 1. The fourth-order valence-corrected chi connectivity index (χ4v) is 2.95. The first-order valence-corrected chi connectivity index (χ1v) is 7.79. The van der Waals surface area contributed by atoms with Gasteiger partial charge in [-0.25, -0.2) is 0 Å². The van der Waals surface area contributed by atoms with E-state index >= 15 is 0 Å². The monoisotopic (exact) mass is 364 g/mol. The van der Waals surface area contributed by atoms with Crippen molar-refractivity contribution in [2.24, 2.45) is 5.73 Å². The number of likely N-dealkylation sites (N-methyl/N-ethyl adjacent to an activating group) is 1. The summed E-state index contributed by atoms with van der Waals surface area (Å²) in [6.45, 7) is 3.83. The van der Waals surface area contributed by atoms with Gasteiger partial charge in [0.05, 0.1) is 0 Å². The van der Waals surface area contributed by atoms with Gasteiger partial charge in [-0.15, -0.1) is 0 Å². The van der Waals surface area contributed by atoms with Gasteiger partial charge >= 0.3 is 0 Å². The number of nitrogens with one attached hydrogen (secondary N) is 1. The van der Waals surface area contributed by atoms with E-state index in [9.17, 15) is 4.79 Å². The molecule has 3 N–H and O–H groups in total. The van der Waals surface area contributed by atoms with Gasteiger partial charge in [-0.3, -0.25) is 4.79 Å². The van der Waals surface area contributed by atoms with Crippen molar-refractivity contribution in [2.75, 3.05) is 38.1 Å². The number of nitrogens with zero attached hydrogens (tertiary/aromatic N) is 4. The normalized spacial score (nSPS) is 16.0. The van der Waals surface area contributed by atoms with Crippen LogP contribution >= 0.6 is 15.9 Å². The summed E-state index contributed by atoms with van der Waals surface area (Å²) in [6, 6.07) is 5.90. The van der Waals surface area contributed by atoms with Gasteiger partial charge in [0.2, 0.25) is 0 Å². The van der Waals surface area contributed by atoms with Crippen LogP contribution in [-0.2, 0) is 0 Å². The Morgan fingerprint density at radius 1 is 1.27 bits per heavy atom. The number of rotatable bonds is 3. The largest absolute Gasteiger partial charge is 0.368 e. The number of aromatic amines is 1. The second-order valence-electron chi connectivity index (χ2n) is 5.34. The molecule has 1 fully saturated rings. The van der Waals surface area contributed by atoms with Crippen molar-refractivity contribution in [3.05, 3.63) is 28.4 Å². The number of carbonyl (C=O) groups excluding carboxylic acids is 1. The van der Waals surface area contributed by atoms with E-state index in [1.54, 1.807) is 0 Å². The predicted octanol–water partition coefficient (Wildman–Crippen LogP) is 1.08. The van der Waals surface area contributed by atoms with Crippen LogP contribution in [0.1, 0.15) is 10.5 Å². The Balaban J connectivity index is 2.04. The second-order valence-corrected chi connectivity index (χ2v) is 6.25. The SMILES string of the molecule is CN1CCN(c2cc(Br)ccc2-c2n[nH]nc2C(N)=O)CC1. The molecule has 22 heavy (non-hydrogen) atoms. The zero-order valence-corrected chi connectivity index (χ0v) is 13.8. The molecule has 0 radical (unpaired) electrons. The maximum absolute atomic E-state index is 11.5. The quantitative estimate of drug-likeness (QED) is 0.850. The Morgan fingerprint density at radius 2 is 2.00 bits per heavy atom. The van der Waals surface area contributed by atoms with Crippen molar-refractivity contribution in [2.45, 2.75) is 0 Å². The van der Waals surface area contributed by atoms with Crippen molar-refractivity contribution >= 4 is 27.5 Å². The van der Waals surface area contributed by atoms with Gasteiger partial charge in [-0.1, -0.05) is 15.9 Å². The molecule has 1 aliphatic rings. The van der Waals surface area contributed by atoms with E-state index < -0.39 is 5.91 Å². The number of carbonyl (C=O) groups is 1. The minimum Gasteiger partial charge on any atom is -0.368 e. The molecule has 1 aliphatic heterocycles. The Hall–Kier alpha value is -1.93. The Bertz CT molecular complexity index is 692. The van der Waals surface area contributed by atoms with Crippen molar-refractivity contribution in [3.8, 4) is 11.3 Å². The molecular weight excluding hydrogens is 348 g/mol. The molecule has 2 aromatic rings. The molecule has 2 heterocycles. The number of benzene rings is 1. The number of aromatic nitrogens is 3. The second kappa shape index (κ2) is 6.05. The van der Waals surface area contributed by atoms with E-state index in [0.29, 0.717) is 5.69 Å². The highest BCUT2D eigenvalue weighted by atomic mass is 79.9. The number of anilines is 1. The third-order valence-electron chi connectivity index (χ3n) is 3.84. The molecular formula is C14H17BrN6O. The molecule has 1 aromatic heterocycles. The molecule has 8 heteroatoms. The van der Waals surface area contributed by atoms with Crippen LogP contribution in [0.2, 0.25) is 0 Å². The zero-order chi connectivity index (χ0) is 15.7. The van der Waals surface area contributed by atoms with Crippen molar-refractivity contribution < 1.29 is 4.79 Å². The third kappa shape index (κ3) is 2.84. The first-order chi connectivity index (χ1) is 10.6. The Morgan fingerprint density at radius 3 is 2.68 bits per heavy atom. The van der Waals surface area contributed by atoms with Crippen LogP contribution in [0, 0.1) is 0 Å². The lowest BCUT2D eigenvalue weighted by Crippen LogP contribution is -2.44. The molecule has 0 saturated carbocycles. The summed E-state index contributed by atoms with van der Waals surface area (Å²) < 4.78 is 0.981. The number of primary amides is 1. The maximum Gasteiger partial charge on any atom is 0.271 e. The number of hydrogen-bond donors (Lipinski definition) is 2. The molecule has 0 spiro atoms. The van der Waals surface area contributed by atoms with Crippen LogP contribution < -0.4 is 10.6 Å². The van der Waals surface area contributed by atoms with E-state index in [0.717, 1.165) is 41.9 Å². The number of hydrogen-bond acceptors (Lipinski definition) is 5. The molecule has 3 rings (SSSR count). The Kier molecular flexibility index (Phi) is 4.12.